The molecule has 0 saturated carbocycles. The molecular weight excluding hydrogens is 214 g/mol. The van der Waals surface area contributed by atoms with Crippen molar-refractivity contribution in [3.8, 4) is 0 Å². The van der Waals surface area contributed by atoms with Crippen molar-refractivity contribution in [1.29, 1.82) is 0 Å². The smallest absolute Gasteiger partial charge is 0.328 e. The monoisotopic (exact) mass is 227 g/mol. The van der Waals surface area contributed by atoms with E-state index in [1.807, 2.05) is 6.92 Å². The summed E-state index contributed by atoms with van der Waals surface area (Å²) in [6, 6.07) is 6.82. The molecule has 1 aromatic rings. The summed E-state index contributed by atoms with van der Waals surface area (Å²) in [5.74, 6) is -0.897. The summed E-state index contributed by atoms with van der Waals surface area (Å²) >= 11 is 5.75. The van der Waals surface area contributed by atoms with Gasteiger partial charge in [0.25, 0.3) is 0 Å². The first-order chi connectivity index (χ1) is 7.00. The van der Waals surface area contributed by atoms with Crippen molar-refractivity contribution in [1.82, 2.24) is 5.32 Å². The van der Waals surface area contributed by atoms with E-state index in [2.05, 4.69) is 5.32 Å². The third-order valence-electron chi connectivity index (χ3n) is 2.38. The van der Waals surface area contributed by atoms with Crippen LogP contribution in [0.25, 0.3) is 0 Å². The highest BCUT2D eigenvalue weighted by Gasteiger charge is 2.33. The molecule has 1 rings (SSSR count). The molecule has 0 heterocycles. The predicted octanol–water partition coefficient (Wildman–Crippen LogP) is 2.25. The van der Waals surface area contributed by atoms with Crippen LogP contribution < -0.4 is 5.32 Å². The van der Waals surface area contributed by atoms with E-state index in [1.54, 1.807) is 31.2 Å². The van der Waals surface area contributed by atoms with E-state index in [9.17, 15) is 9.90 Å². The maximum atomic E-state index is 11.2. The Hall–Kier alpha value is -1.06. The third kappa shape index (κ3) is 2.49. The lowest BCUT2D eigenvalue weighted by Gasteiger charge is -2.26. The van der Waals surface area contributed by atoms with Gasteiger partial charge in [0, 0.05) is 5.02 Å². The maximum Gasteiger partial charge on any atom is 0.328 e. The number of likely N-dealkylation sites (N-methyl/N-ethyl adjacent to an activating group) is 1. The molecule has 1 unspecified atom stereocenters. The minimum atomic E-state index is -1.06. The summed E-state index contributed by atoms with van der Waals surface area (Å²) < 4.78 is 0. The molecule has 3 nitrogen and oxygen atoms in total. The second-order valence-electron chi connectivity index (χ2n) is 3.47. The predicted molar refractivity (Wildman–Crippen MR) is 60.1 cm³/mol. The number of carboxylic acids is 1. The van der Waals surface area contributed by atoms with Crippen molar-refractivity contribution in [3.05, 3.63) is 34.9 Å². The molecular formula is C11H14ClNO2. The Labute approximate surface area is 94.1 Å². The molecule has 0 saturated heterocycles. The fourth-order valence-electron chi connectivity index (χ4n) is 1.44. The zero-order valence-corrected chi connectivity index (χ0v) is 9.51. The molecule has 82 valence electrons. The van der Waals surface area contributed by atoms with E-state index in [1.165, 1.54) is 0 Å². The van der Waals surface area contributed by atoms with Gasteiger partial charge in [-0.2, -0.15) is 0 Å². The van der Waals surface area contributed by atoms with Crippen molar-refractivity contribution in [2.45, 2.75) is 19.4 Å². The van der Waals surface area contributed by atoms with Crippen LogP contribution in [0.1, 0.15) is 19.4 Å². The molecule has 0 spiro atoms. The molecule has 15 heavy (non-hydrogen) atoms. The molecule has 0 aliphatic rings. The molecule has 0 bridgehead atoms. The number of rotatable bonds is 4. The third-order valence-corrected chi connectivity index (χ3v) is 2.63. The van der Waals surface area contributed by atoms with Crippen LogP contribution in [0.3, 0.4) is 0 Å². The number of benzene rings is 1. The molecule has 2 N–H and O–H groups in total. The zero-order chi connectivity index (χ0) is 11.5. The van der Waals surface area contributed by atoms with Crippen molar-refractivity contribution in [2.75, 3.05) is 6.54 Å². The van der Waals surface area contributed by atoms with Crippen LogP contribution in [0, 0.1) is 0 Å². The molecule has 0 aromatic heterocycles. The highest BCUT2D eigenvalue weighted by atomic mass is 35.5. The van der Waals surface area contributed by atoms with Crippen molar-refractivity contribution < 1.29 is 9.90 Å². The number of aliphatic carboxylic acids is 1. The van der Waals surface area contributed by atoms with Gasteiger partial charge in [-0.15, -0.1) is 0 Å². The fraction of sp³-hybridized carbons (Fsp3) is 0.364. The van der Waals surface area contributed by atoms with Gasteiger partial charge >= 0.3 is 5.97 Å². The molecule has 0 aliphatic heterocycles. The lowest BCUT2D eigenvalue weighted by Crippen LogP contribution is -2.46. The van der Waals surface area contributed by atoms with E-state index < -0.39 is 11.5 Å². The Morgan fingerprint density at radius 2 is 2.00 bits per heavy atom. The highest BCUT2D eigenvalue weighted by Crippen LogP contribution is 2.22. The molecule has 1 atom stereocenters. The van der Waals surface area contributed by atoms with Crippen LogP contribution in [-0.4, -0.2) is 17.6 Å². The fourth-order valence-corrected chi connectivity index (χ4v) is 1.56. The highest BCUT2D eigenvalue weighted by molar-refractivity contribution is 6.30. The average molecular weight is 228 g/mol. The minimum Gasteiger partial charge on any atom is -0.480 e. The lowest BCUT2D eigenvalue weighted by atomic mass is 9.92. The number of hydrogen-bond donors (Lipinski definition) is 2. The number of carbonyl (C=O) groups is 1. The van der Waals surface area contributed by atoms with Gasteiger partial charge < -0.3 is 5.11 Å². The number of hydrogen-bond acceptors (Lipinski definition) is 2. The number of halogens is 1. The van der Waals surface area contributed by atoms with Gasteiger partial charge in [-0.25, -0.2) is 4.79 Å². The summed E-state index contributed by atoms with van der Waals surface area (Å²) in [5.41, 5.74) is -0.361. The first-order valence-electron chi connectivity index (χ1n) is 4.75. The quantitative estimate of drug-likeness (QED) is 0.830. The zero-order valence-electron chi connectivity index (χ0n) is 8.75. The largest absolute Gasteiger partial charge is 0.480 e. The standard InChI is InChI=1S/C11H14ClNO2/c1-3-13-11(2,10(14)15)8-4-6-9(12)7-5-8/h4-7,13H,3H2,1-2H3,(H,14,15). The second-order valence-corrected chi connectivity index (χ2v) is 3.90. The van der Waals surface area contributed by atoms with E-state index in [-0.39, 0.29) is 0 Å². The van der Waals surface area contributed by atoms with E-state index in [4.69, 9.17) is 11.6 Å². The molecule has 0 amide bonds. The summed E-state index contributed by atoms with van der Waals surface area (Å²) in [5, 5.41) is 12.7. The summed E-state index contributed by atoms with van der Waals surface area (Å²) in [7, 11) is 0. The molecule has 0 radical (unpaired) electrons. The summed E-state index contributed by atoms with van der Waals surface area (Å²) in [6.45, 7) is 4.10. The SMILES string of the molecule is CCNC(C)(C(=O)O)c1ccc(Cl)cc1. The maximum absolute atomic E-state index is 11.2. The van der Waals surface area contributed by atoms with Crippen LogP contribution >= 0.6 is 11.6 Å². The van der Waals surface area contributed by atoms with Gasteiger partial charge in [0.1, 0.15) is 5.54 Å². The van der Waals surface area contributed by atoms with Crippen molar-refractivity contribution in [3.63, 3.8) is 0 Å². The number of nitrogens with one attached hydrogen (secondary N) is 1. The van der Waals surface area contributed by atoms with Gasteiger partial charge in [-0.1, -0.05) is 30.7 Å². The Morgan fingerprint density at radius 1 is 1.47 bits per heavy atom. The first kappa shape index (κ1) is 12.0. The van der Waals surface area contributed by atoms with E-state index in [0.717, 1.165) is 0 Å². The van der Waals surface area contributed by atoms with Crippen LogP contribution in [0.4, 0.5) is 0 Å². The van der Waals surface area contributed by atoms with Crippen LogP contribution in [0.5, 0.6) is 0 Å². The second kappa shape index (κ2) is 4.64. The first-order valence-corrected chi connectivity index (χ1v) is 5.13. The van der Waals surface area contributed by atoms with Gasteiger partial charge in [0.05, 0.1) is 0 Å². The van der Waals surface area contributed by atoms with Gasteiger partial charge in [0.2, 0.25) is 0 Å². The van der Waals surface area contributed by atoms with Crippen molar-refractivity contribution in [2.24, 2.45) is 0 Å². The lowest BCUT2D eigenvalue weighted by molar-refractivity contribution is -0.144. The topological polar surface area (TPSA) is 49.3 Å². The van der Waals surface area contributed by atoms with E-state index in [0.29, 0.717) is 17.1 Å². The Bertz CT molecular complexity index is 350. The minimum absolute atomic E-state index is 0.589. The van der Waals surface area contributed by atoms with Crippen molar-refractivity contribution >= 4 is 17.6 Å². The van der Waals surface area contributed by atoms with Gasteiger partial charge in [0.15, 0.2) is 0 Å². The van der Waals surface area contributed by atoms with Crippen LogP contribution in [0.15, 0.2) is 24.3 Å². The average Bonchev–Trinajstić information content (AvgIpc) is 2.18. The Morgan fingerprint density at radius 3 is 2.40 bits per heavy atom. The van der Waals surface area contributed by atoms with Crippen LogP contribution in [0.2, 0.25) is 5.02 Å². The molecule has 0 fully saturated rings. The van der Waals surface area contributed by atoms with Gasteiger partial charge in [-0.05, 0) is 31.2 Å². The normalized spacial score (nSPS) is 14.6. The summed E-state index contributed by atoms with van der Waals surface area (Å²) in [4.78, 5) is 11.2. The Balaban J connectivity index is 3.09. The Kier molecular flexibility index (Phi) is 3.72. The summed E-state index contributed by atoms with van der Waals surface area (Å²) in [6.07, 6.45) is 0. The van der Waals surface area contributed by atoms with E-state index >= 15 is 0 Å². The molecule has 0 aliphatic carbocycles. The molecule has 4 heteroatoms. The van der Waals surface area contributed by atoms with Crippen LogP contribution in [-0.2, 0) is 10.3 Å². The molecule has 1 aromatic carbocycles. The van der Waals surface area contributed by atoms with Gasteiger partial charge in [-0.3, -0.25) is 5.32 Å². The number of carboxylic acid groups (broad SMARTS) is 1.